The number of ether oxygens (including phenoxy) is 1. The van der Waals surface area contributed by atoms with Crippen LogP contribution in [-0.4, -0.2) is 0 Å². The van der Waals surface area contributed by atoms with Gasteiger partial charge in [0, 0.05) is 11.5 Å². The first-order chi connectivity index (χ1) is 13.3. The number of para-hydroxylation sites is 1. The Bertz CT molecular complexity index is 1200. The van der Waals surface area contributed by atoms with Crippen molar-refractivity contribution in [2.75, 3.05) is 0 Å². The van der Waals surface area contributed by atoms with Crippen molar-refractivity contribution in [3.05, 3.63) is 118 Å². The topological polar surface area (TPSA) is 39.4 Å². The van der Waals surface area contributed by atoms with Crippen molar-refractivity contribution in [1.82, 2.24) is 0 Å². The van der Waals surface area contributed by atoms with Crippen LogP contribution in [0.4, 0.5) is 0 Å². The lowest BCUT2D eigenvalue weighted by Crippen LogP contribution is -2.19. The molecule has 3 nitrogen and oxygen atoms in total. The standard InChI is InChI=1S/C24H16O3/c25-24-22-19(16-9-3-1-4-10-16)15-21(17-11-5-2-6-12-17)26-23(22)18-13-7-8-14-20(18)27-24/h1-15,19H/t19-/m0/s1. The Balaban J connectivity index is 1.81. The molecule has 0 saturated carbocycles. The summed E-state index contributed by atoms with van der Waals surface area (Å²) in [6.07, 6.45) is 2.00. The molecule has 1 atom stereocenters. The zero-order valence-corrected chi connectivity index (χ0v) is 14.5. The van der Waals surface area contributed by atoms with Crippen LogP contribution in [0, 0.1) is 0 Å². The summed E-state index contributed by atoms with van der Waals surface area (Å²) in [5, 5.41) is 0.801. The molecule has 5 rings (SSSR count). The molecule has 0 radical (unpaired) electrons. The van der Waals surface area contributed by atoms with Crippen molar-refractivity contribution >= 4 is 16.7 Å². The highest BCUT2D eigenvalue weighted by atomic mass is 16.5. The lowest BCUT2D eigenvalue weighted by Gasteiger charge is -2.25. The SMILES string of the molecule is O=c1oc2ccccc2c2c1[C@H](c1ccccc1)C=C(c1ccccc1)O2. The van der Waals surface area contributed by atoms with Gasteiger partial charge in [0.1, 0.15) is 17.1 Å². The average molecular weight is 352 g/mol. The second kappa shape index (κ2) is 6.29. The predicted molar refractivity (Wildman–Crippen MR) is 106 cm³/mol. The van der Waals surface area contributed by atoms with Gasteiger partial charge in [0.15, 0.2) is 0 Å². The highest BCUT2D eigenvalue weighted by Gasteiger charge is 2.30. The molecule has 0 fully saturated rings. The first-order valence-electron chi connectivity index (χ1n) is 8.87. The number of allylic oxidation sites excluding steroid dienone is 1. The van der Waals surface area contributed by atoms with E-state index in [0.29, 0.717) is 16.9 Å². The van der Waals surface area contributed by atoms with Crippen LogP contribution in [0.5, 0.6) is 5.75 Å². The molecule has 2 heterocycles. The molecule has 130 valence electrons. The zero-order chi connectivity index (χ0) is 18.2. The normalized spacial score (nSPS) is 15.7. The van der Waals surface area contributed by atoms with E-state index in [2.05, 4.69) is 0 Å². The van der Waals surface area contributed by atoms with Gasteiger partial charge in [-0.15, -0.1) is 0 Å². The third kappa shape index (κ3) is 2.64. The van der Waals surface area contributed by atoms with Crippen LogP contribution in [0.15, 0.2) is 100 Å². The van der Waals surface area contributed by atoms with Gasteiger partial charge in [-0.2, -0.15) is 0 Å². The van der Waals surface area contributed by atoms with Crippen LogP contribution >= 0.6 is 0 Å². The number of rotatable bonds is 2. The van der Waals surface area contributed by atoms with Crippen molar-refractivity contribution in [2.45, 2.75) is 5.92 Å². The molecule has 0 bridgehead atoms. The second-order valence-corrected chi connectivity index (χ2v) is 6.52. The highest BCUT2D eigenvalue weighted by Crippen LogP contribution is 2.42. The quantitative estimate of drug-likeness (QED) is 0.456. The Hall–Kier alpha value is -3.59. The monoisotopic (exact) mass is 352 g/mol. The maximum atomic E-state index is 12.8. The molecule has 4 aromatic rings. The van der Waals surface area contributed by atoms with E-state index in [1.54, 1.807) is 6.07 Å². The molecule has 0 unspecified atom stereocenters. The lowest BCUT2D eigenvalue weighted by atomic mass is 9.88. The molecule has 0 amide bonds. The number of hydrogen-bond acceptors (Lipinski definition) is 3. The predicted octanol–water partition coefficient (Wildman–Crippen LogP) is 5.36. The minimum Gasteiger partial charge on any atom is -0.456 e. The van der Waals surface area contributed by atoms with Gasteiger partial charge in [-0.3, -0.25) is 0 Å². The van der Waals surface area contributed by atoms with Gasteiger partial charge in [-0.1, -0.05) is 72.8 Å². The van der Waals surface area contributed by atoms with E-state index in [-0.39, 0.29) is 11.5 Å². The summed E-state index contributed by atoms with van der Waals surface area (Å²) in [6.45, 7) is 0. The summed E-state index contributed by atoms with van der Waals surface area (Å²) < 4.78 is 11.9. The van der Waals surface area contributed by atoms with Crippen LogP contribution in [0.1, 0.15) is 22.6 Å². The summed E-state index contributed by atoms with van der Waals surface area (Å²) in [4.78, 5) is 12.8. The van der Waals surface area contributed by atoms with Crippen molar-refractivity contribution < 1.29 is 9.15 Å². The van der Waals surface area contributed by atoms with Crippen molar-refractivity contribution in [1.29, 1.82) is 0 Å². The fourth-order valence-corrected chi connectivity index (χ4v) is 3.57. The van der Waals surface area contributed by atoms with E-state index in [4.69, 9.17) is 9.15 Å². The third-order valence-electron chi connectivity index (χ3n) is 4.86. The lowest BCUT2D eigenvalue weighted by molar-refractivity contribution is 0.472. The van der Waals surface area contributed by atoms with E-state index >= 15 is 0 Å². The van der Waals surface area contributed by atoms with Crippen LogP contribution in [0.3, 0.4) is 0 Å². The Labute approximate surface area is 156 Å². The average Bonchev–Trinajstić information content (AvgIpc) is 2.74. The zero-order valence-electron chi connectivity index (χ0n) is 14.5. The Morgan fingerprint density at radius 1 is 0.741 bits per heavy atom. The van der Waals surface area contributed by atoms with Crippen LogP contribution < -0.4 is 10.4 Å². The molecule has 0 spiro atoms. The Kier molecular flexibility index (Phi) is 3.65. The van der Waals surface area contributed by atoms with Gasteiger partial charge in [-0.25, -0.2) is 4.79 Å². The van der Waals surface area contributed by atoms with Gasteiger partial charge in [0.2, 0.25) is 0 Å². The van der Waals surface area contributed by atoms with Gasteiger partial charge < -0.3 is 9.15 Å². The maximum absolute atomic E-state index is 12.8. The summed E-state index contributed by atoms with van der Waals surface area (Å²) in [7, 11) is 0. The van der Waals surface area contributed by atoms with Crippen molar-refractivity contribution in [3.63, 3.8) is 0 Å². The fourth-order valence-electron chi connectivity index (χ4n) is 3.57. The minimum atomic E-state index is -0.360. The summed E-state index contributed by atoms with van der Waals surface area (Å²) in [5.41, 5.74) is 2.71. The third-order valence-corrected chi connectivity index (χ3v) is 4.86. The maximum Gasteiger partial charge on any atom is 0.344 e. The fraction of sp³-hybridized carbons (Fsp3) is 0.0417. The first kappa shape index (κ1) is 15.6. The summed E-state index contributed by atoms with van der Waals surface area (Å²) in [5.74, 6) is 1.09. The number of hydrogen-bond donors (Lipinski definition) is 0. The Morgan fingerprint density at radius 3 is 2.19 bits per heavy atom. The summed E-state index contributed by atoms with van der Waals surface area (Å²) in [6, 6.07) is 27.4. The Morgan fingerprint density at radius 2 is 1.41 bits per heavy atom. The largest absolute Gasteiger partial charge is 0.456 e. The van der Waals surface area contributed by atoms with Gasteiger partial charge >= 0.3 is 5.63 Å². The molecule has 1 aliphatic heterocycles. The molecule has 0 aliphatic carbocycles. The van der Waals surface area contributed by atoms with Gasteiger partial charge in [0.25, 0.3) is 0 Å². The molecule has 1 aliphatic rings. The van der Waals surface area contributed by atoms with Crippen molar-refractivity contribution in [3.8, 4) is 5.75 Å². The molecule has 3 heteroatoms. The van der Waals surface area contributed by atoms with Gasteiger partial charge in [0.05, 0.1) is 10.9 Å². The van der Waals surface area contributed by atoms with E-state index in [0.717, 1.165) is 22.3 Å². The molecular formula is C24H16O3. The molecule has 0 saturated heterocycles. The van der Waals surface area contributed by atoms with Crippen LogP contribution in [0.2, 0.25) is 0 Å². The second-order valence-electron chi connectivity index (χ2n) is 6.52. The molecule has 3 aromatic carbocycles. The molecule has 27 heavy (non-hydrogen) atoms. The number of benzene rings is 3. The van der Waals surface area contributed by atoms with Crippen LogP contribution in [-0.2, 0) is 0 Å². The number of fused-ring (bicyclic) bond motifs is 3. The molecule has 1 aromatic heterocycles. The van der Waals surface area contributed by atoms with Crippen molar-refractivity contribution in [2.24, 2.45) is 0 Å². The van der Waals surface area contributed by atoms with E-state index in [9.17, 15) is 4.79 Å². The van der Waals surface area contributed by atoms with E-state index < -0.39 is 0 Å². The molecule has 0 N–H and O–H groups in total. The van der Waals surface area contributed by atoms with Crippen LogP contribution in [0.25, 0.3) is 16.7 Å². The smallest absolute Gasteiger partial charge is 0.344 e. The van der Waals surface area contributed by atoms with Gasteiger partial charge in [-0.05, 0) is 23.8 Å². The first-order valence-corrected chi connectivity index (χ1v) is 8.87. The van der Waals surface area contributed by atoms with E-state index in [1.165, 1.54) is 0 Å². The van der Waals surface area contributed by atoms with E-state index in [1.807, 2.05) is 84.9 Å². The summed E-state index contributed by atoms with van der Waals surface area (Å²) >= 11 is 0. The molecular weight excluding hydrogens is 336 g/mol. The minimum absolute atomic E-state index is 0.231. The highest BCUT2D eigenvalue weighted by molar-refractivity contribution is 5.87.